The molecule has 1 spiro atoms. The van der Waals surface area contributed by atoms with Gasteiger partial charge >= 0.3 is 0 Å². The van der Waals surface area contributed by atoms with Gasteiger partial charge in [-0.15, -0.1) is 17.9 Å². The standard InChI is InChI=1S/C19H22N4S.C18H2.HN5S.9H2/c1-13-6-7-16-23(13)21-18(24-16)22-10-8-19(9-11-22)12-14-4-2-3-5-15(14)17(19)20;1-3-5-7-9-11-13-15-17-18-16-14-12-10-8-6-4-2;1-2-3-4-5-6;;;;;;;;;/h2-7,17H,8-12,20H2,1H3;1-2H;1H;9*1H/b;;2-1?,4-3+;;;;;;;;;/t17-;;;;;;;;;;;/m1.........../s1. The second kappa shape index (κ2) is 19.7. The smallest absolute Gasteiger partial charge is 0.206 e. The molecule has 9 nitrogen and oxygen atoms in total. The van der Waals surface area contributed by atoms with Gasteiger partial charge in [-0.05, 0) is 165 Å². The van der Waals surface area contributed by atoms with Gasteiger partial charge < -0.3 is 10.6 Å². The SMILES string of the molecule is C#CC#CC#CC#CC#CC#CC#CC#CC#C.Cc1ccc2sc(N3CCC4(CC3)Cc3ccccc3[C@H]4N)nn12.N=N/N=N/N=S.[HH].[HH].[HH].[HH].[HH].[HH].[HH].[HH].[HH]. The molecular formula is C37H43N9S2. The van der Waals surface area contributed by atoms with Crippen molar-refractivity contribution in [1.82, 2.24) is 9.61 Å². The molecule has 1 aliphatic heterocycles. The lowest BCUT2D eigenvalue weighted by Gasteiger charge is -2.42. The molecular weight excluding hydrogens is 635 g/mol. The van der Waals surface area contributed by atoms with Crippen LogP contribution in [0.4, 0.5) is 5.13 Å². The number of aryl methyl sites for hydroxylation is 1. The molecule has 0 saturated carbocycles. The second-order valence-corrected chi connectivity index (χ2v) is 10.9. The number of nitrogens with two attached hydrogens (primary N) is 1. The fourth-order valence-electron chi connectivity index (χ4n) is 4.97. The van der Waals surface area contributed by atoms with Crippen LogP contribution in [0, 0.1) is 125 Å². The number of hydrogen-bond donors (Lipinski definition) is 2. The second-order valence-electron chi connectivity index (χ2n) is 9.71. The van der Waals surface area contributed by atoms with Crippen LogP contribution in [0.5, 0.6) is 0 Å². The molecule has 0 radical (unpaired) electrons. The van der Waals surface area contributed by atoms with Crippen molar-refractivity contribution >= 4 is 33.7 Å². The van der Waals surface area contributed by atoms with Crippen molar-refractivity contribution in [3.8, 4) is 108 Å². The Morgan fingerprint density at radius 3 is 1.88 bits per heavy atom. The van der Waals surface area contributed by atoms with Crippen LogP contribution in [0.1, 0.15) is 48.5 Å². The summed E-state index contributed by atoms with van der Waals surface area (Å²) in [6.07, 6.45) is 13.2. The number of fused-ring (bicyclic) bond motifs is 2. The van der Waals surface area contributed by atoms with Gasteiger partial charge in [-0.1, -0.05) is 40.1 Å². The van der Waals surface area contributed by atoms with Crippen LogP contribution in [-0.2, 0) is 18.8 Å². The first-order chi connectivity index (χ1) is 23.5. The third-order valence-electron chi connectivity index (χ3n) is 7.09. The van der Waals surface area contributed by atoms with Gasteiger partial charge in [0.05, 0.1) is 12.4 Å². The summed E-state index contributed by atoms with van der Waals surface area (Å²) in [7, 11) is 0. The summed E-state index contributed by atoms with van der Waals surface area (Å²) in [4.78, 5) is 3.67. The van der Waals surface area contributed by atoms with E-state index in [9.17, 15) is 0 Å². The fourth-order valence-corrected chi connectivity index (χ4v) is 6.03. The Bertz CT molecular complexity index is 2180. The van der Waals surface area contributed by atoms with E-state index in [1.165, 1.54) is 21.7 Å². The molecule has 11 heteroatoms. The summed E-state index contributed by atoms with van der Waals surface area (Å²) in [6, 6.07) is 13.2. The van der Waals surface area contributed by atoms with Gasteiger partial charge in [-0.25, -0.2) is 4.52 Å². The van der Waals surface area contributed by atoms with E-state index in [0.717, 1.165) is 37.5 Å². The Morgan fingerprint density at radius 2 is 1.42 bits per heavy atom. The zero-order valence-corrected chi connectivity index (χ0v) is 27.4. The predicted octanol–water partition coefficient (Wildman–Crippen LogP) is 7.07. The molecule has 3 heterocycles. The number of rotatable bonds is 3. The van der Waals surface area contributed by atoms with Crippen LogP contribution >= 0.6 is 11.3 Å². The largest absolute Gasteiger partial charge is 0.347 e. The summed E-state index contributed by atoms with van der Waals surface area (Å²) in [5, 5.41) is 14.0. The van der Waals surface area contributed by atoms with Gasteiger partial charge in [0.1, 0.15) is 4.83 Å². The lowest BCUT2D eigenvalue weighted by molar-refractivity contribution is 0.187. The van der Waals surface area contributed by atoms with Crippen molar-refractivity contribution in [3.63, 3.8) is 0 Å². The molecule has 248 valence electrons. The Kier molecular flexibility index (Phi) is 14.7. The van der Waals surface area contributed by atoms with Crippen LogP contribution in [-0.4, -0.2) is 22.7 Å². The summed E-state index contributed by atoms with van der Waals surface area (Å²) < 4.78 is 4.81. The van der Waals surface area contributed by atoms with Crippen LogP contribution in [0.3, 0.4) is 0 Å². The molecule has 1 atom stereocenters. The summed E-state index contributed by atoms with van der Waals surface area (Å²) in [5.74, 6) is 38.2. The van der Waals surface area contributed by atoms with Crippen molar-refractivity contribution in [3.05, 3.63) is 53.2 Å². The van der Waals surface area contributed by atoms with Crippen LogP contribution in [0.25, 0.3) is 4.83 Å². The number of piperidine rings is 1. The average molecular weight is 678 g/mol. The van der Waals surface area contributed by atoms with E-state index in [2.05, 4.69) is 180 Å². The molecule has 5 rings (SSSR count). The molecule has 1 aromatic carbocycles. The van der Waals surface area contributed by atoms with Gasteiger partial charge in [-0.2, -0.15) is 5.53 Å². The number of hydrogen-bond acceptors (Lipinski definition) is 6. The number of nitrogens with one attached hydrogen (secondary N) is 1. The molecule has 48 heavy (non-hydrogen) atoms. The Labute approximate surface area is 303 Å². The Morgan fingerprint density at radius 1 is 0.875 bits per heavy atom. The molecule has 0 unspecified atom stereocenters. The van der Waals surface area contributed by atoms with E-state index in [1.807, 2.05) is 0 Å². The first-order valence-electron chi connectivity index (χ1n) is 14.0. The highest BCUT2D eigenvalue weighted by Crippen LogP contribution is 2.51. The minimum absolute atomic E-state index is 0. The monoisotopic (exact) mass is 677 g/mol. The summed E-state index contributed by atoms with van der Waals surface area (Å²) >= 11 is 5.73. The summed E-state index contributed by atoms with van der Waals surface area (Å²) in [5.41, 5.74) is 16.9. The van der Waals surface area contributed by atoms with Gasteiger partial charge in [-0.3, -0.25) is 0 Å². The molecule has 3 N–H and O–H groups in total. The van der Waals surface area contributed by atoms with E-state index in [-0.39, 0.29) is 24.3 Å². The first-order valence-corrected chi connectivity index (χ1v) is 15.2. The topological polar surface area (TPSA) is 120 Å². The third-order valence-corrected chi connectivity index (χ3v) is 8.21. The van der Waals surface area contributed by atoms with Crippen molar-refractivity contribution in [2.75, 3.05) is 18.0 Å². The van der Waals surface area contributed by atoms with Crippen molar-refractivity contribution in [2.24, 2.45) is 31.3 Å². The highest BCUT2D eigenvalue weighted by molar-refractivity contribution is 7.47. The van der Waals surface area contributed by atoms with Crippen molar-refractivity contribution in [1.29, 1.82) is 5.53 Å². The zero-order valence-electron chi connectivity index (χ0n) is 25.8. The number of anilines is 1. The summed E-state index contributed by atoms with van der Waals surface area (Å²) in [6.45, 7) is 4.21. The Balaban J connectivity index is -0.000000138. The minimum Gasteiger partial charge on any atom is -0.347 e. The molecule has 0 amide bonds. The van der Waals surface area contributed by atoms with E-state index in [4.69, 9.17) is 29.2 Å². The van der Waals surface area contributed by atoms with Gasteiger partial charge in [0, 0.05) is 37.7 Å². The minimum atomic E-state index is 0. The highest BCUT2D eigenvalue weighted by atomic mass is 32.1. The molecule has 1 saturated heterocycles. The van der Waals surface area contributed by atoms with E-state index < -0.39 is 0 Å². The van der Waals surface area contributed by atoms with E-state index >= 15 is 0 Å². The first kappa shape index (κ1) is 35.9. The van der Waals surface area contributed by atoms with Crippen LogP contribution in [0.15, 0.2) is 56.5 Å². The van der Waals surface area contributed by atoms with E-state index in [0.29, 0.717) is 0 Å². The van der Waals surface area contributed by atoms with Gasteiger partial charge in [0.15, 0.2) is 0 Å². The van der Waals surface area contributed by atoms with Gasteiger partial charge in [0.2, 0.25) is 5.13 Å². The maximum Gasteiger partial charge on any atom is 0.206 e. The lowest BCUT2D eigenvalue weighted by Crippen LogP contribution is -2.44. The van der Waals surface area contributed by atoms with Crippen LogP contribution in [0.2, 0.25) is 0 Å². The molecule has 1 aliphatic carbocycles. The zero-order chi connectivity index (χ0) is 34.5. The lowest BCUT2D eigenvalue weighted by atomic mass is 9.73. The molecule has 3 aromatic rings. The Hall–Kier alpha value is -6.59. The molecule has 2 aromatic heterocycles. The van der Waals surface area contributed by atoms with E-state index in [1.54, 1.807) is 11.3 Å². The third kappa shape index (κ3) is 10.5. The normalized spacial score (nSPS) is 13.7. The predicted molar refractivity (Wildman–Crippen MR) is 210 cm³/mol. The van der Waals surface area contributed by atoms with Crippen molar-refractivity contribution in [2.45, 2.75) is 32.2 Å². The fraction of sp³-hybridized carbons (Fsp3) is 0.216. The molecule has 2 aliphatic rings. The van der Waals surface area contributed by atoms with Gasteiger partial charge in [0.25, 0.3) is 0 Å². The maximum atomic E-state index is 6.67. The number of benzene rings is 1. The molecule has 1 fully saturated rings. The number of nitrogens with zero attached hydrogens (tertiary/aromatic N) is 7. The highest BCUT2D eigenvalue weighted by Gasteiger charge is 2.46. The maximum absolute atomic E-state index is 6.67. The average Bonchev–Trinajstić information content (AvgIpc) is 3.77. The molecule has 0 bridgehead atoms. The quantitative estimate of drug-likeness (QED) is 0.175. The van der Waals surface area contributed by atoms with Crippen LogP contribution < -0.4 is 10.6 Å². The number of aromatic nitrogens is 2. The van der Waals surface area contributed by atoms with Crippen molar-refractivity contribution < 1.29 is 12.8 Å². The number of terminal acetylenes is 2.